The van der Waals surface area contributed by atoms with Gasteiger partial charge in [-0.15, -0.1) is 0 Å². The molecule has 1 fully saturated rings. The lowest BCUT2D eigenvalue weighted by atomic mass is 10.1. The van der Waals surface area contributed by atoms with Gasteiger partial charge in [0.2, 0.25) is 0 Å². The maximum Gasteiger partial charge on any atom is 0.327 e. The molecule has 1 saturated carbocycles. The van der Waals surface area contributed by atoms with Crippen LogP contribution >= 0.6 is 0 Å². The van der Waals surface area contributed by atoms with Gasteiger partial charge in [0.15, 0.2) is 0 Å². The van der Waals surface area contributed by atoms with Crippen LogP contribution in [0, 0.1) is 0 Å². The van der Waals surface area contributed by atoms with Crippen molar-refractivity contribution in [2.45, 2.75) is 44.9 Å². The molecular formula is C15H21NO3. The monoisotopic (exact) mass is 263 g/mol. The van der Waals surface area contributed by atoms with Crippen molar-refractivity contribution in [1.82, 2.24) is 5.32 Å². The summed E-state index contributed by atoms with van der Waals surface area (Å²) in [5, 5.41) is 3.31. The van der Waals surface area contributed by atoms with E-state index in [4.69, 9.17) is 9.47 Å². The Morgan fingerprint density at radius 3 is 2.68 bits per heavy atom. The molecule has 1 aromatic carbocycles. The molecule has 2 rings (SSSR count). The summed E-state index contributed by atoms with van der Waals surface area (Å²) in [5.74, 6) is 0.521. The van der Waals surface area contributed by atoms with E-state index in [-0.39, 0.29) is 12.1 Å². The highest BCUT2D eigenvalue weighted by molar-refractivity contribution is 5.77. The van der Waals surface area contributed by atoms with E-state index in [0.717, 1.165) is 24.2 Å². The molecule has 1 aliphatic carbocycles. The van der Waals surface area contributed by atoms with Crippen LogP contribution in [0.5, 0.6) is 5.75 Å². The van der Waals surface area contributed by atoms with Crippen LogP contribution in [0.15, 0.2) is 24.3 Å². The van der Waals surface area contributed by atoms with Gasteiger partial charge in [0.1, 0.15) is 11.8 Å². The summed E-state index contributed by atoms with van der Waals surface area (Å²) in [6.45, 7) is 3.96. The second-order valence-electron chi connectivity index (χ2n) is 5.14. The van der Waals surface area contributed by atoms with Crippen LogP contribution in [0.4, 0.5) is 0 Å². The van der Waals surface area contributed by atoms with E-state index in [1.807, 2.05) is 38.1 Å². The maximum atomic E-state index is 11.9. The highest BCUT2D eigenvalue weighted by Gasteiger charge is 2.30. The highest BCUT2D eigenvalue weighted by Crippen LogP contribution is 2.27. The fourth-order valence-corrected chi connectivity index (χ4v) is 1.94. The summed E-state index contributed by atoms with van der Waals surface area (Å²) in [4.78, 5) is 11.9. The maximum absolute atomic E-state index is 11.9. The molecule has 4 nitrogen and oxygen atoms in total. The number of benzene rings is 1. The van der Waals surface area contributed by atoms with Crippen molar-refractivity contribution < 1.29 is 14.3 Å². The van der Waals surface area contributed by atoms with Gasteiger partial charge in [-0.05, 0) is 44.4 Å². The van der Waals surface area contributed by atoms with E-state index in [1.165, 1.54) is 7.11 Å². The van der Waals surface area contributed by atoms with Crippen molar-refractivity contribution in [3.8, 4) is 5.75 Å². The fraction of sp³-hybridized carbons (Fsp3) is 0.533. The summed E-state index contributed by atoms with van der Waals surface area (Å²) in [6, 6.07) is 7.64. The molecule has 1 aromatic rings. The van der Waals surface area contributed by atoms with Crippen LogP contribution < -0.4 is 10.1 Å². The molecule has 19 heavy (non-hydrogen) atoms. The summed E-state index contributed by atoms with van der Waals surface area (Å²) in [6.07, 6.45) is 2.36. The zero-order chi connectivity index (χ0) is 13.8. The van der Waals surface area contributed by atoms with E-state index >= 15 is 0 Å². The largest absolute Gasteiger partial charge is 0.491 e. The number of hydrogen-bond acceptors (Lipinski definition) is 4. The molecule has 4 heteroatoms. The van der Waals surface area contributed by atoms with Gasteiger partial charge < -0.3 is 9.47 Å². The summed E-state index contributed by atoms with van der Waals surface area (Å²) >= 11 is 0. The highest BCUT2D eigenvalue weighted by atomic mass is 16.5. The minimum Gasteiger partial charge on any atom is -0.491 e. The van der Waals surface area contributed by atoms with Crippen LogP contribution in [0.2, 0.25) is 0 Å². The average molecular weight is 263 g/mol. The van der Waals surface area contributed by atoms with Gasteiger partial charge in [-0.2, -0.15) is 0 Å². The zero-order valence-electron chi connectivity index (χ0n) is 11.7. The minimum atomic E-state index is -0.409. The van der Waals surface area contributed by atoms with Crippen LogP contribution in [-0.4, -0.2) is 25.2 Å². The van der Waals surface area contributed by atoms with Crippen molar-refractivity contribution in [2.75, 3.05) is 7.11 Å². The van der Waals surface area contributed by atoms with Crippen molar-refractivity contribution in [3.63, 3.8) is 0 Å². The molecule has 1 atom stereocenters. The first kappa shape index (κ1) is 13.9. The molecule has 0 heterocycles. The lowest BCUT2D eigenvalue weighted by molar-refractivity contribution is -0.143. The second kappa shape index (κ2) is 6.06. The van der Waals surface area contributed by atoms with Crippen LogP contribution in [0.25, 0.3) is 0 Å². The molecule has 0 saturated heterocycles. The van der Waals surface area contributed by atoms with Crippen molar-refractivity contribution in [2.24, 2.45) is 0 Å². The van der Waals surface area contributed by atoms with Crippen LogP contribution in [0.1, 0.15) is 38.3 Å². The van der Waals surface area contributed by atoms with Gasteiger partial charge in [-0.25, -0.2) is 4.79 Å². The lowest BCUT2D eigenvalue weighted by Crippen LogP contribution is -2.31. The molecule has 1 aliphatic rings. The number of nitrogens with one attached hydrogen (secondary N) is 1. The Balaban J connectivity index is 2.17. The Bertz CT molecular complexity index is 441. The third-order valence-electron chi connectivity index (χ3n) is 2.98. The molecule has 0 amide bonds. The van der Waals surface area contributed by atoms with Crippen LogP contribution in [0.3, 0.4) is 0 Å². The summed E-state index contributed by atoms with van der Waals surface area (Å²) in [5.41, 5.74) is 0.886. The number of carbonyl (C=O) groups excluding carboxylic acids is 1. The molecule has 1 unspecified atom stereocenters. The zero-order valence-corrected chi connectivity index (χ0v) is 11.7. The Morgan fingerprint density at radius 1 is 1.37 bits per heavy atom. The Hall–Kier alpha value is -1.55. The standard InChI is InChI=1S/C15H21NO3/c1-10(2)19-13-6-4-5-11(9-13)14(15(17)18-3)16-12-7-8-12/h4-6,9-10,12,14,16H,7-8H2,1-3H3. The van der Waals surface area contributed by atoms with Crippen molar-refractivity contribution in [1.29, 1.82) is 0 Å². The summed E-state index contributed by atoms with van der Waals surface area (Å²) in [7, 11) is 1.42. The predicted octanol–water partition coefficient (Wildman–Crippen LogP) is 2.44. The lowest BCUT2D eigenvalue weighted by Gasteiger charge is -2.18. The first-order valence-corrected chi connectivity index (χ1v) is 6.70. The smallest absolute Gasteiger partial charge is 0.327 e. The van der Waals surface area contributed by atoms with Crippen molar-refractivity contribution in [3.05, 3.63) is 29.8 Å². The molecule has 104 valence electrons. The molecule has 0 bridgehead atoms. The first-order valence-electron chi connectivity index (χ1n) is 6.70. The molecule has 0 radical (unpaired) electrons. The molecule has 1 N–H and O–H groups in total. The number of methoxy groups -OCH3 is 1. The van der Waals surface area contributed by atoms with Gasteiger partial charge in [0.05, 0.1) is 13.2 Å². The van der Waals surface area contributed by atoms with E-state index in [2.05, 4.69) is 5.32 Å². The van der Waals surface area contributed by atoms with E-state index in [9.17, 15) is 4.79 Å². The predicted molar refractivity (Wildman–Crippen MR) is 73.1 cm³/mol. The van der Waals surface area contributed by atoms with Crippen molar-refractivity contribution >= 4 is 5.97 Å². The van der Waals surface area contributed by atoms with Crippen LogP contribution in [-0.2, 0) is 9.53 Å². The van der Waals surface area contributed by atoms with Gasteiger partial charge in [0.25, 0.3) is 0 Å². The Labute approximate surface area is 114 Å². The minimum absolute atomic E-state index is 0.114. The first-order chi connectivity index (χ1) is 9.10. The Morgan fingerprint density at radius 2 is 2.11 bits per heavy atom. The van der Waals surface area contributed by atoms with Gasteiger partial charge in [0, 0.05) is 6.04 Å². The number of rotatable bonds is 6. The number of hydrogen-bond donors (Lipinski definition) is 1. The van der Waals surface area contributed by atoms with Gasteiger partial charge in [-0.1, -0.05) is 12.1 Å². The topological polar surface area (TPSA) is 47.6 Å². The number of ether oxygens (including phenoxy) is 2. The Kier molecular flexibility index (Phi) is 4.43. The normalized spacial score (nSPS) is 16.2. The molecule has 0 aliphatic heterocycles. The van der Waals surface area contributed by atoms with Gasteiger partial charge in [-0.3, -0.25) is 5.32 Å². The quantitative estimate of drug-likeness (QED) is 0.801. The van der Waals surface area contributed by atoms with E-state index in [1.54, 1.807) is 0 Å². The third-order valence-corrected chi connectivity index (χ3v) is 2.98. The number of esters is 1. The van der Waals surface area contributed by atoms with Gasteiger partial charge >= 0.3 is 5.97 Å². The molecule has 0 aromatic heterocycles. The third kappa shape index (κ3) is 3.96. The molecular weight excluding hydrogens is 242 g/mol. The molecule has 0 spiro atoms. The second-order valence-corrected chi connectivity index (χ2v) is 5.14. The van der Waals surface area contributed by atoms with E-state index < -0.39 is 6.04 Å². The summed E-state index contributed by atoms with van der Waals surface area (Å²) < 4.78 is 10.5. The fourth-order valence-electron chi connectivity index (χ4n) is 1.94. The average Bonchev–Trinajstić information content (AvgIpc) is 3.18. The number of carbonyl (C=O) groups is 1. The van der Waals surface area contributed by atoms with E-state index in [0.29, 0.717) is 6.04 Å². The SMILES string of the molecule is COC(=O)C(NC1CC1)c1cccc(OC(C)C)c1.